The zero-order valence-electron chi connectivity index (χ0n) is 13.3. The molecule has 1 heterocycles. The van der Waals surface area contributed by atoms with Crippen molar-refractivity contribution in [3.8, 4) is 17.2 Å². The Morgan fingerprint density at radius 1 is 1.12 bits per heavy atom. The van der Waals surface area contributed by atoms with Gasteiger partial charge in [0.15, 0.2) is 0 Å². The normalized spacial score (nSPS) is 11.8. The monoisotopic (exact) mass is 362 g/mol. The fourth-order valence-corrected chi connectivity index (χ4v) is 2.24. The van der Waals surface area contributed by atoms with Crippen LogP contribution < -0.4 is 4.74 Å². The maximum atomic E-state index is 12.6. The van der Waals surface area contributed by atoms with Gasteiger partial charge in [-0.1, -0.05) is 17.3 Å². The summed E-state index contributed by atoms with van der Waals surface area (Å²) in [7, 11) is 0. The number of nitrogens with zero attached hydrogens (tertiary/aromatic N) is 2. The highest BCUT2D eigenvalue weighted by Crippen LogP contribution is 2.30. The maximum absolute atomic E-state index is 12.6. The molecule has 0 saturated carbocycles. The summed E-state index contributed by atoms with van der Waals surface area (Å²) < 4.78 is 48.7. The summed E-state index contributed by atoms with van der Waals surface area (Å²) in [6.07, 6.45) is -1.78. The third-order valence-electron chi connectivity index (χ3n) is 3.50. The molecule has 5 nitrogen and oxygen atoms in total. The van der Waals surface area contributed by atoms with Gasteiger partial charge in [0.25, 0.3) is 0 Å². The molecule has 3 aromatic rings. The molecule has 0 atom stereocenters. The van der Waals surface area contributed by atoms with Gasteiger partial charge in [0.1, 0.15) is 24.3 Å². The average molecular weight is 362 g/mol. The Bertz CT molecular complexity index is 903. The molecule has 26 heavy (non-hydrogen) atoms. The van der Waals surface area contributed by atoms with Gasteiger partial charge in [-0.25, -0.2) is 4.98 Å². The molecule has 2 aromatic carbocycles. The van der Waals surface area contributed by atoms with Crippen molar-refractivity contribution >= 4 is 6.21 Å². The molecule has 0 radical (unpaired) electrons. The van der Waals surface area contributed by atoms with Crippen molar-refractivity contribution in [3.05, 3.63) is 71.6 Å². The van der Waals surface area contributed by atoms with Crippen molar-refractivity contribution in [3.63, 3.8) is 0 Å². The molecule has 0 unspecified atom stereocenters. The summed E-state index contributed by atoms with van der Waals surface area (Å²) in [5.41, 5.74) is 0.743. The van der Waals surface area contributed by atoms with Crippen LogP contribution in [-0.4, -0.2) is 16.4 Å². The Balaban J connectivity index is 1.71. The van der Waals surface area contributed by atoms with Gasteiger partial charge in [-0.05, 0) is 36.4 Å². The lowest BCUT2D eigenvalue weighted by Crippen LogP contribution is -2.04. The number of para-hydroxylation sites is 1. The van der Waals surface area contributed by atoms with Crippen molar-refractivity contribution in [1.82, 2.24) is 4.98 Å². The van der Waals surface area contributed by atoms with Crippen molar-refractivity contribution in [2.75, 3.05) is 0 Å². The summed E-state index contributed by atoms with van der Waals surface area (Å²) in [5.74, 6) is 0.687. The fourth-order valence-electron chi connectivity index (χ4n) is 2.24. The van der Waals surface area contributed by atoms with Gasteiger partial charge in [-0.2, -0.15) is 13.2 Å². The van der Waals surface area contributed by atoms with E-state index in [0.29, 0.717) is 22.6 Å². The maximum Gasteiger partial charge on any atom is 0.416 e. The number of ether oxygens (including phenoxy) is 1. The second-order valence-corrected chi connectivity index (χ2v) is 5.29. The molecule has 0 aliphatic rings. The smallest absolute Gasteiger partial charge is 0.416 e. The third-order valence-corrected chi connectivity index (χ3v) is 3.50. The van der Waals surface area contributed by atoms with Gasteiger partial charge >= 0.3 is 6.18 Å². The summed E-state index contributed by atoms with van der Waals surface area (Å²) >= 11 is 0. The molecule has 134 valence electrons. The Morgan fingerprint density at radius 2 is 1.85 bits per heavy atom. The molecular weight excluding hydrogens is 349 g/mol. The number of alkyl halides is 3. The highest BCUT2D eigenvalue weighted by atomic mass is 19.4. The number of rotatable bonds is 5. The van der Waals surface area contributed by atoms with Crippen LogP contribution in [0.5, 0.6) is 5.75 Å². The number of hydrogen-bond donors (Lipinski definition) is 1. The lowest BCUT2D eigenvalue weighted by molar-refractivity contribution is -0.137. The van der Waals surface area contributed by atoms with Gasteiger partial charge in [0, 0.05) is 11.1 Å². The van der Waals surface area contributed by atoms with Crippen molar-refractivity contribution < 1.29 is 27.5 Å². The first kappa shape index (κ1) is 17.5. The number of aromatic nitrogens is 1. The van der Waals surface area contributed by atoms with Crippen LogP contribution in [0.25, 0.3) is 11.5 Å². The Morgan fingerprint density at radius 3 is 2.54 bits per heavy atom. The predicted molar refractivity (Wildman–Crippen MR) is 87.1 cm³/mol. The van der Waals surface area contributed by atoms with E-state index in [4.69, 9.17) is 14.4 Å². The first-order valence-electron chi connectivity index (χ1n) is 7.48. The SMILES string of the molecule is O/N=C/c1ccccc1OCc1coc(-c2ccc(C(F)(F)F)cc2)n1. The van der Waals surface area contributed by atoms with Crippen LogP contribution in [0.3, 0.4) is 0 Å². The summed E-state index contributed by atoms with van der Waals surface area (Å²) in [4.78, 5) is 4.21. The minimum atomic E-state index is -4.39. The molecular formula is C18H13F3N2O3. The van der Waals surface area contributed by atoms with Crippen LogP contribution in [0.15, 0.2) is 64.4 Å². The van der Waals surface area contributed by atoms with Crippen LogP contribution in [0.4, 0.5) is 13.2 Å². The summed E-state index contributed by atoms with van der Waals surface area (Å²) in [5, 5.41) is 11.6. The average Bonchev–Trinajstić information content (AvgIpc) is 3.10. The van der Waals surface area contributed by atoms with E-state index in [1.807, 2.05) is 0 Å². The molecule has 0 amide bonds. The van der Waals surface area contributed by atoms with Gasteiger partial charge in [0.05, 0.1) is 11.8 Å². The van der Waals surface area contributed by atoms with Crippen LogP contribution in [-0.2, 0) is 12.8 Å². The molecule has 1 aromatic heterocycles. The number of halogens is 3. The van der Waals surface area contributed by atoms with E-state index in [1.54, 1.807) is 24.3 Å². The zero-order chi connectivity index (χ0) is 18.6. The van der Waals surface area contributed by atoms with E-state index in [-0.39, 0.29) is 12.5 Å². The number of oxime groups is 1. The Labute approximate surface area is 146 Å². The molecule has 0 saturated heterocycles. The topological polar surface area (TPSA) is 67.9 Å². The molecule has 0 aliphatic heterocycles. The minimum absolute atomic E-state index is 0.0837. The van der Waals surface area contributed by atoms with Crippen molar-refractivity contribution in [1.29, 1.82) is 0 Å². The molecule has 3 rings (SSSR count). The molecule has 0 aliphatic carbocycles. The molecule has 0 spiro atoms. The highest BCUT2D eigenvalue weighted by Gasteiger charge is 2.30. The van der Waals surface area contributed by atoms with Crippen LogP contribution in [0.1, 0.15) is 16.8 Å². The molecule has 8 heteroatoms. The Kier molecular flexibility index (Phi) is 4.92. The summed E-state index contributed by atoms with van der Waals surface area (Å²) in [6.45, 7) is 0.0837. The lowest BCUT2D eigenvalue weighted by Gasteiger charge is -2.06. The van der Waals surface area contributed by atoms with E-state index >= 15 is 0 Å². The summed E-state index contributed by atoms with van der Waals surface area (Å²) in [6, 6.07) is 11.5. The fraction of sp³-hybridized carbons (Fsp3) is 0.111. The van der Waals surface area contributed by atoms with Crippen molar-refractivity contribution in [2.24, 2.45) is 5.16 Å². The van der Waals surface area contributed by atoms with E-state index in [2.05, 4.69) is 10.1 Å². The van der Waals surface area contributed by atoms with Crippen LogP contribution in [0.2, 0.25) is 0 Å². The first-order valence-corrected chi connectivity index (χ1v) is 7.48. The van der Waals surface area contributed by atoms with E-state index in [0.717, 1.165) is 12.1 Å². The third kappa shape index (κ3) is 4.02. The van der Waals surface area contributed by atoms with Crippen LogP contribution in [0, 0.1) is 0 Å². The zero-order valence-corrected chi connectivity index (χ0v) is 13.3. The van der Waals surface area contributed by atoms with E-state index in [1.165, 1.54) is 24.6 Å². The second-order valence-electron chi connectivity index (χ2n) is 5.29. The number of benzene rings is 2. The minimum Gasteiger partial charge on any atom is -0.486 e. The van der Waals surface area contributed by atoms with Gasteiger partial charge in [-0.15, -0.1) is 0 Å². The van der Waals surface area contributed by atoms with E-state index in [9.17, 15) is 13.2 Å². The largest absolute Gasteiger partial charge is 0.486 e. The van der Waals surface area contributed by atoms with Crippen LogP contribution >= 0.6 is 0 Å². The standard InChI is InChI=1S/C18H13F3N2O3/c19-18(20,21)14-7-5-12(6-8-14)17-23-15(11-26-17)10-25-16-4-2-1-3-13(16)9-22-24/h1-9,11,24H,10H2/b22-9+. The molecule has 0 bridgehead atoms. The van der Waals surface area contributed by atoms with Crippen molar-refractivity contribution in [2.45, 2.75) is 12.8 Å². The van der Waals surface area contributed by atoms with Gasteiger partial charge in [-0.3, -0.25) is 0 Å². The first-order chi connectivity index (χ1) is 12.5. The second kappa shape index (κ2) is 7.30. The highest BCUT2D eigenvalue weighted by molar-refractivity contribution is 5.82. The molecule has 1 N–H and O–H groups in total. The number of hydrogen-bond acceptors (Lipinski definition) is 5. The molecule has 0 fully saturated rings. The predicted octanol–water partition coefficient (Wildman–Crippen LogP) is 4.75. The quantitative estimate of drug-likeness (QED) is 0.404. The van der Waals surface area contributed by atoms with E-state index < -0.39 is 11.7 Å². The van der Waals surface area contributed by atoms with Gasteiger partial charge < -0.3 is 14.4 Å². The Hall–Kier alpha value is -3.29. The number of oxazole rings is 1. The van der Waals surface area contributed by atoms with Gasteiger partial charge in [0.2, 0.25) is 5.89 Å². The lowest BCUT2D eigenvalue weighted by atomic mass is 10.1.